The van der Waals surface area contributed by atoms with Crippen LogP contribution in [0, 0.1) is 0 Å². The van der Waals surface area contributed by atoms with Crippen molar-refractivity contribution in [3.8, 4) is 11.5 Å². The Kier molecular flexibility index (Phi) is 5.10. The van der Waals surface area contributed by atoms with E-state index in [2.05, 4.69) is 0 Å². The van der Waals surface area contributed by atoms with E-state index in [1.165, 1.54) is 0 Å². The summed E-state index contributed by atoms with van der Waals surface area (Å²) in [4.78, 5) is 12.9. The van der Waals surface area contributed by atoms with Gasteiger partial charge in [-0.3, -0.25) is 4.79 Å². The van der Waals surface area contributed by atoms with Gasteiger partial charge in [0.25, 0.3) is 0 Å². The van der Waals surface area contributed by atoms with Gasteiger partial charge in [-0.2, -0.15) is 0 Å². The smallest absolute Gasteiger partial charge is 0.237 e. The highest BCUT2D eigenvalue weighted by molar-refractivity contribution is 6.27. The highest BCUT2D eigenvalue weighted by Gasteiger charge is 2.10. The van der Waals surface area contributed by atoms with Gasteiger partial charge in [-0.1, -0.05) is 6.07 Å². The highest BCUT2D eigenvalue weighted by atomic mass is 35.5. The Bertz CT molecular complexity index is 395. The predicted octanol–water partition coefficient (Wildman–Crippen LogP) is 1.90. The second-order valence-corrected chi connectivity index (χ2v) is 3.84. The monoisotopic (exact) mass is 257 g/mol. The van der Waals surface area contributed by atoms with Crippen LogP contribution in [0.2, 0.25) is 0 Å². The molecule has 5 heteroatoms. The molecule has 0 aliphatic rings. The second kappa shape index (κ2) is 6.35. The van der Waals surface area contributed by atoms with Gasteiger partial charge in [-0.15, -0.1) is 11.6 Å². The van der Waals surface area contributed by atoms with Crippen molar-refractivity contribution < 1.29 is 14.3 Å². The molecule has 0 saturated heterocycles. The van der Waals surface area contributed by atoms with E-state index in [9.17, 15) is 4.79 Å². The Morgan fingerprint density at radius 2 is 1.94 bits per heavy atom. The lowest BCUT2D eigenvalue weighted by atomic mass is 10.2. The number of carbonyl (C=O) groups is 1. The van der Waals surface area contributed by atoms with E-state index in [1.807, 2.05) is 18.2 Å². The third-order valence-corrected chi connectivity index (χ3v) is 2.64. The summed E-state index contributed by atoms with van der Waals surface area (Å²) in [5.74, 6) is 1.20. The number of carbonyl (C=O) groups excluding carboxylic acids is 1. The van der Waals surface area contributed by atoms with Crippen LogP contribution < -0.4 is 9.47 Å². The maximum absolute atomic E-state index is 11.3. The number of hydrogen-bond acceptors (Lipinski definition) is 3. The first-order chi connectivity index (χ1) is 8.12. The Labute approximate surface area is 106 Å². The number of amides is 1. The van der Waals surface area contributed by atoms with E-state index < -0.39 is 0 Å². The Balaban J connectivity index is 2.82. The van der Waals surface area contributed by atoms with Gasteiger partial charge in [0.15, 0.2) is 11.5 Å². The number of hydrogen-bond donors (Lipinski definition) is 0. The third-order valence-electron chi connectivity index (χ3n) is 2.41. The fourth-order valence-corrected chi connectivity index (χ4v) is 1.65. The van der Waals surface area contributed by atoms with Crippen LogP contribution in [0.25, 0.3) is 0 Å². The van der Waals surface area contributed by atoms with Crippen LogP contribution in [0.3, 0.4) is 0 Å². The minimum absolute atomic E-state index is 0.0101. The molecule has 1 aromatic carbocycles. The molecule has 0 spiro atoms. The van der Waals surface area contributed by atoms with Crippen LogP contribution in [0.1, 0.15) is 5.56 Å². The number of methoxy groups -OCH3 is 2. The molecule has 0 heterocycles. The topological polar surface area (TPSA) is 38.8 Å². The molecule has 0 unspecified atom stereocenters. The zero-order chi connectivity index (χ0) is 12.8. The summed E-state index contributed by atoms with van der Waals surface area (Å²) in [7, 11) is 4.87. The minimum atomic E-state index is -0.110. The first-order valence-electron chi connectivity index (χ1n) is 5.13. The minimum Gasteiger partial charge on any atom is -0.493 e. The second-order valence-electron chi connectivity index (χ2n) is 3.57. The van der Waals surface area contributed by atoms with Crippen LogP contribution in [0.15, 0.2) is 18.2 Å². The molecule has 94 valence electrons. The molecule has 0 aliphatic heterocycles. The zero-order valence-corrected chi connectivity index (χ0v) is 11.0. The van der Waals surface area contributed by atoms with E-state index >= 15 is 0 Å². The Hall–Kier alpha value is -1.42. The highest BCUT2D eigenvalue weighted by Crippen LogP contribution is 2.27. The summed E-state index contributed by atoms with van der Waals surface area (Å²) >= 11 is 5.48. The van der Waals surface area contributed by atoms with Crippen molar-refractivity contribution in [2.75, 3.05) is 27.1 Å². The fourth-order valence-electron chi connectivity index (χ4n) is 1.44. The molecule has 0 saturated carbocycles. The summed E-state index contributed by atoms with van der Waals surface area (Å²) in [5.41, 5.74) is 0.962. The van der Waals surface area contributed by atoms with Crippen LogP contribution in [0.4, 0.5) is 0 Å². The lowest BCUT2D eigenvalue weighted by Crippen LogP contribution is -2.27. The lowest BCUT2D eigenvalue weighted by molar-refractivity contribution is -0.127. The molecular formula is C12H16ClNO3. The van der Waals surface area contributed by atoms with Gasteiger partial charge < -0.3 is 14.4 Å². The maximum atomic E-state index is 11.3. The molecule has 4 nitrogen and oxygen atoms in total. The largest absolute Gasteiger partial charge is 0.493 e. The van der Waals surface area contributed by atoms with Crippen molar-refractivity contribution in [3.63, 3.8) is 0 Å². The van der Waals surface area contributed by atoms with Gasteiger partial charge in [0.2, 0.25) is 5.91 Å². The molecule has 1 aromatic rings. The van der Waals surface area contributed by atoms with Gasteiger partial charge >= 0.3 is 0 Å². The maximum Gasteiger partial charge on any atom is 0.237 e. The van der Waals surface area contributed by atoms with Crippen molar-refractivity contribution in [3.05, 3.63) is 23.8 Å². The average Bonchev–Trinajstić information content (AvgIpc) is 2.37. The SMILES string of the molecule is COc1ccc(CN(C)C(=O)CCl)cc1OC. The summed E-state index contributed by atoms with van der Waals surface area (Å²) in [6, 6.07) is 5.55. The van der Waals surface area contributed by atoms with Crippen LogP contribution in [-0.4, -0.2) is 38.0 Å². The summed E-state index contributed by atoms with van der Waals surface area (Å²) in [6.45, 7) is 0.492. The van der Waals surface area contributed by atoms with Crippen LogP contribution >= 0.6 is 11.6 Å². The van der Waals surface area contributed by atoms with Crippen molar-refractivity contribution in [1.29, 1.82) is 0 Å². The fraction of sp³-hybridized carbons (Fsp3) is 0.417. The van der Waals surface area contributed by atoms with E-state index in [-0.39, 0.29) is 11.8 Å². The number of nitrogens with zero attached hydrogens (tertiary/aromatic N) is 1. The normalized spacial score (nSPS) is 9.88. The Morgan fingerprint density at radius 1 is 1.29 bits per heavy atom. The van der Waals surface area contributed by atoms with Crippen molar-refractivity contribution in [2.24, 2.45) is 0 Å². The zero-order valence-electron chi connectivity index (χ0n) is 10.2. The summed E-state index contributed by atoms with van der Waals surface area (Å²) in [5, 5.41) is 0. The lowest BCUT2D eigenvalue weighted by Gasteiger charge is -2.17. The average molecular weight is 258 g/mol. The van der Waals surface area contributed by atoms with Crippen molar-refractivity contribution in [2.45, 2.75) is 6.54 Å². The van der Waals surface area contributed by atoms with Gasteiger partial charge in [0.1, 0.15) is 5.88 Å². The summed E-state index contributed by atoms with van der Waals surface area (Å²) in [6.07, 6.45) is 0. The molecule has 0 fully saturated rings. The summed E-state index contributed by atoms with van der Waals surface area (Å²) < 4.78 is 10.3. The van der Waals surface area contributed by atoms with Crippen LogP contribution in [-0.2, 0) is 11.3 Å². The molecule has 0 radical (unpaired) electrons. The van der Waals surface area contributed by atoms with Crippen molar-refractivity contribution >= 4 is 17.5 Å². The Morgan fingerprint density at radius 3 is 2.47 bits per heavy atom. The van der Waals surface area contributed by atoms with E-state index in [0.717, 1.165) is 5.56 Å². The molecule has 0 aliphatic carbocycles. The van der Waals surface area contributed by atoms with E-state index in [1.54, 1.807) is 26.2 Å². The molecule has 17 heavy (non-hydrogen) atoms. The molecular weight excluding hydrogens is 242 g/mol. The first kappa shape index (κ1) is 13.6. The standard InChI is InChI=1S/C12H16ClNO3/c1-14(12(15)7-13)8-9-4-5-10(16-2)11(6-9)17-3/h4-6H,7-8H2,1-3H3. The first-order valence-corrected chi connectivity index (χ1v) is 5.66. The van der Waals surface area contributed by atoms with Gasteiger partial charge in [-0.25, -0.2) is 0 Å². The van der Waals surface area contributed by atoms with E-state index in [0.29, 0.717) is 18.0 Å². The third kappa shape index (κ3) is 3.53. The van der Waals surface area contributed by atoms with Crippen LogP contribution in [0.5, 0.6) is 11.5 Å². The molecule has 0 aromatic heterocycles. The molecule has 0 bridgehead atoms. The van der Waals surface area contributed by atoms with Gasteiger partial charge in [0, 0.05) is 13.6 Å². The molecule has 1 rings (SSSR count). The van der Waals surface area contributed by atoms with Gasteiger partial charge in [0.05, 0.1) is 14.2 Å². The van der Waals surface area contributed by atoms with Crippen molar-refractivity contribution in [1.82, 2.24) is 4.90 Å². The predicted molar refractivity (Wildman–Crippen MR) is 66.7 cm³/mol. The number of ether oxygens (including phenoxy) is 2. The number of alkyl halides is 1. The number of benzene rings is 1. The molecule has 0 atom stereocenters. The molecule has 1 amide bonds. The quantitative estimate of drug-likeness (QED) is 0.757. The van der Waals surface area contributed by atoms with Gasteiger partial charge in [-0.05, 0) is 17.7 Å². The number of rotatable bonds is 5. The van der Waals surface area contributed by atoms with E-state index in [4.69, 9.17) is 21.1 Å². The molecule has 0 N–H and O–H groups in total. The number of halogens is 1.